The normalized spacial score (nSPS) is 6.00. The standard InChI is InChI=1S/C5H9NO.BrH.Li/c1-4-5(7)6(2)3;;/h4H,1H2,2-3H3;1H;/q;;+1/p-1. The van der Waals surface area contributed by atoms with E-state index < -0.39 is 0 Å². The molecule has 0 aliphatic rings. The van der Waals surface area contributed by atoms with Crippen LogP contribution >= 0.6 is 0 Å². The molecule has 0 fully saturated rings. The van der Waals surface area contributed by atoms with Gasteiger partial charge in [-0.1, -0.05) is 6.58 Å². The van der Waals surface area contributed by atoms with Crippen molar-refractivity contribution in [2.45, 2.75) is 0 Å². The number of amides is 1. The molecule has 0 N–H and O–H groups in total. The maximum absolute atomic E-state index is 10.3. The van der Waals surface area contributed by atoms with E-state index >= 15 is 0 Å². The van der Waals surface area contributed by atoms with E-state index in [-0.39, 0.29) is 41.7 Å². The van der Waals surface area contributed by atoms with Gasteiger partial charge in [0.2, 0.25) is 5.91 Å². The number of rotatable bonds is 1. The van der Waals surface area contributed by atoms with E-state index in [1.54, 1.807) is 14.1 Å². The van der Waals surface area contributed by atoms with E-state index in [2.05, 4.69) is 6.58 Å². The van der Waals surface area contributed by atoms with Gasteiger partial charge in [0.1, 0.15) is 0 Å². The van der Waals surface area contributed by atoms with Crippen molar-refractivity contribution in [2.24, 2.45) is 0 Å². The van der Waals surface area contributed by atoms with Crippen molar-refractivity contribution in [3.63, 3.8) is 0 Å². The third kappa shape index (κ3) is 8.29. The predicted octanol–water partition coefficient (Wildman–Crippen LogP) is -5.73. The van der Waals surface area contributed by atoms with Crippen LogP contribution in [0.15, 0.2) is 12.7 Å². The molecule has 0 saturated carbocycles. The summed E-state index contributed by atoms with van der Waals surface area (Å²) in [5, 5.41) is 0. The number of nitrogens with zero attached hydrogens (tertiary/aromatic N) is 1. The van der Waals surface area contributed by atoms with E-state index in [0.717, 1.165) is 0 Å². The van der Waals surface area contributed by atoms with Crippen LogP contribution in [0.2, 0.25) is 0 Å². The van der Waals surface area contributed by atoms with Gasteiger partial charge in [0.05, 0.1) is 0 Å². The average molecular weight is 186 g/mol. The van der Waals surface area contributed by atoms with Crippen LogP contribution in [0.25, 0.3) is 0 Å². The molecule has 4 heteroatoms. The van der Waals surface area contributed by atoms with Crippen LogP contribution in [0, 0.1) is 0 Å². The summed E-state index contributed by atoms with van der Waals surface area (Å²) >= 11 is 0. The van der Waals surface area contributed by atoms with Crippen LogP contribution in [0.4, 0.5) is 0 Å². The molecule has 0 saturated heterocycles. The summed E-state index contributed by atoms with van der Waals surface area (Å²) in [6.45, 7) is 3.29. The molecule has 0 rings (SSSR count). The summed E-state index contributed by atoms with van der Waals surface area (Å²) in [7, 11) is 3.37. The third-order valence-corrected chi connectivity index (χ3v) is 0.615. The largest absolute Gasteiger partial charge is 1.00 e. The molecule has 0 unspecified atom stereocenters. The van der Waals surface area contributed by atoms with E-state index in [1.807, 2.05) is 0 Å². The Labute approximate surface area is 78.2 Å². The van der Waals surface area contributed by atoms with Gasteiger partial charge in [0.15, 0.2) is 0 Å². The fourth-order valence-corrected chi connectivity index (χ4v) is 0.183. The topological polar surface area (TPSA) is 20.3 Å². The first-order valence-electron chi connectivity index (χ1n) is 2.02. The maximum atomic E-state index is 10.3. The molecule has 0 heterocycles. The summed E-state index contributed by atoms with van der Waals surface area (Å²) < 4.78 is 0. The summed E-state index contributed by atoms with van der Waals surface area (Å²) in [5.74, 6) is -0.0556. The zero-order valence-electron chi connectivity index (χ0n) is 6.02. The molecule has 0 aromatic heterocycles. The minimum Gasteiger partial charge on any atom is -1.00 e. The van der Waals surface area contributed by atoms with E-state index in [0.29, 0.717) is 0 Å². The molecule has 1 amide bonds. The second-order valence-corrected chi connectivity index (χ2v) is 1.44. The van der Waals surface area contributed by atoms with Crippen molar-refractivity contribution < 1.29 is 40.6 Å². The zero-order chi connectivity index (χ0) is 5.86. The summed E-state index contributed by atoms with van der Waals surface area (Å²) in [6.07, 6.45) is 1.28. The van der Waals surface area contributed by atoms with Gasteiger partial charge in [-0.2, -0.15) is 0 Å². The molecule has 0 spiro atoms. The van der Waals surface area contributed by atoms with Gasteiger partial charge < -0.3 is 21.9 Å². The van der Waals surface area contributed by atoms with Gasteiger partial charge in [0.25, 0.3) is 0 Å². The molecule has 0 radical (unpaired) electrons. The molecule has 9 heavy (non-hydrogen) atoms. The van der Waals surface area contributed by atoms with E-state index in [1.165, 1.54) is 11.0 Å². The van der Waals surface area contributed by atoms with Crippen LogP contribution < -0.4 is 35.8 Å². The molecule has 0 aliphatic heterocycles. The van der Waals surface area contributed by atoms with Gasteiger partial charge >= 0.3 is 18.9 Å². The summed E-state index contributed by atoms with van der Waals surface area (Å²) in [4.78, 5) is 11.8. The van der Waals surface area contributed by atoms with Crippen molar-refractivity contribution in [1.29, 1.82) is 0 Å². The molecular weight excluding hydrogens is 177 g/mol. The third-order valence-electron chi connectivity index (χ3n) is 0.615. The van der Waals surface area contributed by atoms with Crippen molar-refractivity contribution in [1.82, 2.24) is 4.90 Å². The van der Waals surface area contributed by atoms with Crippen LogP contribution in [0.3, 0.4) is 0 Å². The summed E-state index contributed by atoms with van der Waals surface area (Å²) in [5.41, 5.74) is 0. The van der Waals surface area contributed by atoms with Crippen molar-refractivity contribution in [3.8, 4) is 0 Å². The van der Waals surface area contributed by atoms with Crippen LogP contribution in [0.1, 0.15) is 0 Å². The molecule has 0 atom stereocenters. The van der Waals surface area contributed by atoms with Crippen LogP contribution in [-0.2, 0) is 4.79 Å². The van der Waals surface area contributed by atoms with Gasteiger partial charge in [-0.05, 0) is 6.08 Å². The summed E-state index contributed by atoms with van der Waals surface area (Å²) in [6, 6.07) is 0. The quantitative estimate of drug-likeness (QED) is 0.295. The number of likely N-dealkylation sites (N-methyl/N-ethyl adjacent to an activating group) is 1. The maximum Gasteiger partial charge on any atom is 1.00 e. The Morgan fingerprint density at radius 1 is 1.56 bits per heavy atom. The first kappa shape index (κ1) is 16.1. The number of hydrogen-bond acceptors (Lipinski definition) is 1. The Kier molecular flexibility index (Phi) is 14.9. The number of carbonyl (C=O) groups is 1. The average Bonchev–Trinajstić information content (AvgIpc) is 1.65. The second kappa shape index (κ2) is 8.29. The zero-order valence-corrected chi connectivity index (χ0v) is 7.60. The van der Waals surface area contributed by atoms with E-state index in [4.69, 9.17) is 0 Å². The van der Waals surface area contributed by atoms with Gasteiger partial charge in [-0.3, -0.25) is 4.79 Å². The number of halogens is 1. The van der Waals surface area contributed by atoms with Crippen LogP contribution in [-0.4, -0.2) is 24.9 Å². The molecular formula is C5H9BrLiNO. The molecule has 2 nitrogen and oxygen atoms in total. The van der Waals surface area contributed by atoms with Gasteiger partial charge in [0, 0.05) is 14.1 Å². The SMILES string of the molecule is C=CC(=O)N(C)C.[Br-].[Li+]. The first-order valence-corrected chi connectivity index (χ1v) is 2.02. The Bertz CT molecular complexity index is 95.0. The number of hydrogen-bond donors (Lipinski definition) is 0. The molecule has 0 aromatic carbocycles. The predicted molar refractivity (Wildman–Crippen MR) is 28.9 cm³/mol. The van der Waals surface area contributed by atoms with Crippen molar-refractivity contribution in [3.05, 3.63) is 12.7 Å². The Morgan fingerprint density at radius 2 is 1.89 bits per heavy atom. The fourth-order valence-electron chi connectivity index (χ4n) is 0.183. The van der Waals surface area contributed by atoms with E-state index in [9.17, 15) is 4.79 Å². The minimum absolute atomic E-state index is 0. The second-order valence-electron chi connectivity index (χ2n) is 1.44. The van der Waals surface area contributed by atoms with Crippen molar-refractivity contribution >= 4 is 5.91 Å². The van der Waals surface area contributed by atoms with Crippen LogP contribution in [0.5, 0.6) is 0 Å². The Hall–Kier alpha value is 0.287. The molecule has 0 bridgehead atoms. The Balaban J connectivity index is -0.000000180. The minimum atomic E-state index is -0.0556. The fraction of sp³-hybridized carbons (Fsp3) is 0.400. The monoisotopic (exact) mass is 185 g/mol. The molecule has 0 aromatic rings. The smallest absolute Gasteiger partial charge is 1.00 e. The Morgan fingerprint density at radius 3 is 1.89 bits per heavy atom. The first-order chi connectivity index (χ1) is 3.18. The van der Waals surface area contributed by atoms with Gasteiger partial charge in [-0.25, -0.2) is 0 Å². The molecule has 48 valence electrons. The number of carbonyl (C=O) groups excluding carboxylic acids is 1. The molecule has 0 aliphatic carbocycles. The van der Waals surface area contributed by atoms with Gasteiger partial charge in [-0.15, -0.1) is 0 Å². The van der Waals surface area contributed by atoms with Crippen molar-refractivity contribution in [2.75, 3.05) is 14.1 Å².